The Bertz CT molecular complexity index is 525. The zero-order valence-corrected chi connectivity index (χ0v) is 10.4. The monoisotopic (exact) mass is 259 g/mol. The Kier molecular flexibility index (Phi) is 4.85. The van der Waals surface area contributed by atoms with Crippen LogP contribution in [0, 0.1) is 17.1 Å². The van der Waals surface area contributed by atoms with Gasteiger partial charge in [0.25, 0.3) is 0 Å². The van der Waals surface area contributed by atoms with Gasteiger partial charge < -0.3 is 9.47 Å². The largest absolute Gasteiger partial charge is 0.349 e. The highest BCUT2D eigenvalue weighted by Gasteiger charge is 2.09. The summed E-state index contributed by atoms with van der Waals surface area (Å²) in [6, 6.07) is 6.27. The summed E-state index contributed by atoms with van der Waals surface area (Å²) in [5.41, 5.74) is 0.753. The molecule has 1 heterocycles. The van der Waals surface area contributed by atoms with Crippen molar-refractivity contribution in [2.45, 2.75) is 12.7 Å². The molecule has 1 aromatic rings. The van der Waals surface area contributed by atoms with Gasteiger partial charge in [-0.3, -0.25) is 0 Å². The van der Waals surface area contributed by atoms with E-state index >= 15 is 0 Å². The lowest BCUT2D eigenvalue weighted by Gasteiger charge is -2.19. The van der Waals surface area contributed by atoms with Gasteiger partial charge in [-0.25, -0.2) is 4.39 Å². The minimum Gasteiger partial charge on any atom is -0.349 e. The third kappa shape index (κ3) is 4.02. The first-order valence-electron chi connectivity index (χ1n) is 6.07. The lowest BCUT2D eigenvalue weighted by molar-refractivity contribution is -0.149. The molecule has 0 amide bonds. The van der Waals surface area contributed by atoms with Crippen LogP contribution < -0.4 is 0 Å². The Morgan fingerprint density at radius 3 is 2.74 bits per heavy atom. The van der Waals surface area contributed by atoms with Crippen molar-refractivity contribution in [3.8, 4) is 6.07 Å². The van der Waals surface area contributed by atoms with Crippen LogP contribution in [-0.2, 0) is 9.47 Å². The molecule has 0 N–H and O–H groups in total. The van der Waals surface area contributed by atoms with E-state index in [-0.39, 0.29) is 6.29 Å². The summed E-state index contributed by atoms with van der Waals surface area (Å²) in [6.45, 7) is 1.39. The molecule has 0 bridgehead atoms. The van der Waals surface area contributed by atoms with E-state index in [1.165, 1.54) is 6.07 Å². The molecule has 0 aliphatic carbocycles. The van der Waals surface area contributed by atoms with Crippen molar-refractivity contribution in [2.24, 2.45) is 0 Å². The summed E-state index contributed by atoms with van der Waals surface area (Å²) >= 11 is 0. The van der Waals surface area contributed by atoms with E-state index in [0.29, 0.717) is 24.3 Å². The fraction of sp³-hybridized carbons (Fsp3) is 0.267. The SMILES string of the molecule is N#Cc1ccc(/C=C/C=C/C2OCCCO2)c(F)c1. The van der Waals surface area contributed by atoms with Gasteiger partial charge in [-0.2, -0.15) is 5.26 Å². The van der Waals surface area contributed by atoms with E-state index in [4.69, 9.17) is 14.7 Å². The van der Waals surface area contributed by atoms with Gasteiger partial charge in [-0.1, -0.05) is 24.3 Å². The van der Waals surface area contributed by atoms with Crippen LogP contribution in [0.2, 0.25) is 0 Å². The Hall–Kier alpha value is -1.96. The molecule has 2 rings (SSSR count). The third-order valence-electron chi connectivity index (χ3n) is 2.64. The number of nitrogens with zero attached hydrogens (tertiary/aromatic N) is 1. The number of halogens is 1. The van der Waals surface area contributed by atoms with Crippen molar-refractivity contribution in [3.05, 3.63) is 53.4 Å². The zero-order valence-electron chi connectivity index (χ0n) is 10.4. The topological polar surface area (TPSA) is 42.2 Å². The predicted octanol–water partition coefficient (Wildman–Crippen LogP) is 3.03. The quantitative estimate of drug-likeness (QED) is 0.783. The molecular weight excluding hydrogens is 245 g/mol. The second-order valence-corrected chi connectivity index (χ2v) is 4.06. The van der Waals surface area contributed by atoms with Crippen molar-refractivity contribution in [2.75, 3.05) is 13.2 Å². The van der Waals surface area contributed by atoms with Gasteiger partial charge in [0.1, 0.15) is 5.82 Å². The normalized spacial score (nSPS) is 17.1. The Morgan fingerprint density at radius 2 is 2.05 bits per heavy atom. The maximum absolute atomic E-state index is 13.5. The fourth-order valence-corrected chi connectivity index (χ4v) is 1.66. The molecule has 1 aliphatic heterocycles. The van der Waals surface area contributed by atoms with Gasteiger partial charge in [-0.15, -0.1) is 0 Å². The van der Waals surface area contributed by atoms with Gasteiger partial charge in [-0.05, 0) is 24.6 Å². The lowest BCUT2D eigenvalue weighted by Crippen LogP contribution is -2.22. The molecule has 0 saturated carbocycles. The van der Waals surface area contributed by atoms with Crippen LogP contribution in [0.1, 0.15) is 17.5 Å². The molecular formula is C15H14FNO2. The van der Waals surface area contributed by atoms with Crippen molar-refractivity contribution < 1.29 is 13.9 Å². The molecule has 1 aliphatic rings. The van der Waals surface area contributed by atoms with E-state index in [9.17, 15) is 4.39 Å². The average molecular weight is 259 g/mol. The van der Waals surface area contributed by atoms with Crippen LogP contribution >= 0.6 is 0 Å². The standard InChI is InChI=1S/C15H14FNO2/c16-14-10-12(11-17)6-7-13(14)4-1-2-5-15-18-8-3-9-19-15/h1-2,4-7,10,15H,3,8-9H2/b4-1+,5-2+. The third-order valence-corrected chi connectivity index (χ3v) is 2.64. The van der Waals surface area contributed by atoms with Gasteiger partial charge in [0.05, 0.1) is 24.8 Å². The summed E-state index contributed by atoms with van der Waals surface area (Å²) in [4.78, 5) is 0. The van der Waals surface area contributed by atoms with E-state index in [2.05, 4.69) is 0 Å². The summed E-state index contributed by atoms with van der Waals surface area (Å²) in [5.74, 6) is -0.408. The Labute approximate surface area is 111 Å². The van der Waals surface area contributed by atoms with E-state index < -0.39 is 5.82 Å². The molecule has 3 nitrogen and oxygen atoms in total. The summed E-state index contributed by atoms with van der Waals surface area (Å²) in [7, 11) is 0. The molecule has 4 heteroatoms. The van der Waals surface area contributed by atoms with Gasteiger partial charge in [0, 0.05) is 5.56 Å². The average Bonchev–Trinajstić information content (AvgIpc) is 2.46. The highest BCUT2D eigenvalue weighted by Crippen LogP contribution is 2.12. The number of hydrogen-bond donors (Lipinski definition) is 0. The number of hydrogen-bond acceptors (Lipinski definition) is 3. The first-order chi connectivity index (χ1) is 9.29. The van der Waals surface area contributed by atoms with Crippen molar-refractivity contribution in [1.29, 1.82) is 5.26 Å². The van der Waals surface area contributed by atoms with Crippen molar-refractivity contribution in [1.82, 2.24) is 0 Å². The molecule has 19 heavy (non-hydrogen) atoms. The Balaban J connectivity index is 1.95. The van der Waals surface area contributed by atoms with Crippen molar-refractivity contribution in [3.63, 3.8) is 0 Å². The smallest absolute Gasteiger partial charge is 0.177 e. The van der Waals surface area contributed by atoms with Crippen LogP contribution in [-0.4, -0.2) is 19.5 Å². The van der Waals surface area contributed by atoms with Gasteiger partial charge in [0.2, 0.25) is 0 Å². The second-order valence-electron chi connectivity index (χ2n) is 4.06. The molecule has 0 atom stereocenters. The first-order valence-corrected chi connectivity index (χ1v) is 6.07. The van der Waals surface area contributed by atoms with Crippen LogP contribution in [0.25, 0.3) is 6.08 Å². The van der Waals surface area contributed by atoms with E-state index in [1.807, 2.05) is 6.07 Å². The lowest BCUT2D eigenvalue weighted by atomic mass is 10.1. The highest BCUT2D eigenvalue weighted by atomic mass is 19.1. The maximum Gasteiger partial charge on any atom is 0.177 e. The number of rotatable bonds is 3. The van der Waals surface area contributed by atoms with E-state index in [1.54, 1.807) is 36.4 Å². The number of allylic oxidation sites excluding steroid dienone is 2. The minimum absolute atomic E-state index is 0.314. The summed E-state index contributed by atoms with van der Waals surface area (Å²) in [5, 5.41) is 8.64. The molecule has 1 saturated heterocycles. The van der Waals surface area contributed by atoms with Crippen molar-refractivity contribution >= 4 is 6.08 Å². The zero-order chi connectivity index (χ0) is 13.5. The molecule has 0 aromatic heterocycles. The van der Waals surface area contributed by atoms with Crippen LogP contribution in [0.5, 0.6) is 0 Å². The fourth-order valence-electron chi connectivity index (χ4n) is 1.66. The first kappa shape index (κ1) is 13.5. The molecule has 0 unspecified atom stereocenters. The Morgan fingerprint density at radius 1 is 1.26 bits per heavy atom. The predicted molar refractivity (Wildman–Crippen MR) is 69.6 cm³/mol. The minimum atomic E-state index is -0.408. The highest BCUT2D eigenvalue weighted by molar-refractivity contribution is 5.53. The van der Waals surface area contributed by atoms with Crippen LogP contribution in [0.3, 0.4) is 0 Å². The van der Waals surface area contributed by atoms with Crippen LogP contribution in [0.15, 0.2) is 36.4 Å². The summed E-state index contributed by atoms with van der Waals surface area (Å²) in [6.07, 6.45) is 7.48. The van der Waals surface area contributed by atoms with Gasteiger partial charge >= 0.3 is 0 Å². The molecule has 0 radical (unpaired) electrons. The number of ether oxygens (including phenoxy) is 2. The second kappa shape index (κ2) is 6.83. The molecule has 0 spiro atoms. The molecule has 98 valence electrons. The molecule has 1 fully saturated rings. The number of benzene rings is 1. The van der Waals surface area contributed by atoms with E-state index in [0.717, 1.165) is 6.42 Å². The molecule has 1 aromatic carbocycles. The number of nitriles is 1. The van der Waals surface area contributed by atoms with Gasteiger partial charge in [0.15, 0.2) is 6.29 Å². The summed E-state index contributed by atoms with van der Waals surface area (Å²) < 4.78 is 24.2. The maximum atomic E-state index is 13.5. The van der Waals surface area contributed by atoms with Crippen LogP contribution in [0.4, 0.5) is 4.39 Å².